The van der Waals surface area contributed by atoms with Crippen LogP contribution in [0.15, 0.2) is 42.5 Å². The molecular formula is C20H23ClN4. The predicted molar refractivity (Wildman–Crippen MR) is 107 cm³/mol. The molecule has 1 aromatic heterocycles. The molecule has 0 spiro atoms. The largest absolute Gasteiger partial charge is 0.369 e. The van der Waals surface area contributed by atoms with Crippen molar-refractivity contribution >= 4 is 40.0 Å². The van der Waals surface area contributed by atoms with Crippen molar-refractivity contribution in [3.63, 3.8) is 0 Å². The molecule has 0 aliphatic carbocycles. The number of para-hydroxylation sites is 1. The van der Waals surface area contributed by atoms with E-state index < -0.39 is 0 Å². The number of anilines is 3. The average molecular weight is 355 g/mol. The van der Waals surface area contributed by atoms with E-state index in [2.05, 4.69) is 34.4 Å². The van der Waals surface area contributed by atoms with Crippen LogP contribution in [0.5, 0.6) is 0 Å². The SMILES string of the molecule is CCC(C)CNc1nc(Nc2ccc(C)c(Cl)c2)nc2ccccc12. The Hall–Kier alpha value is -2.33. The summed E-state index contributed by atoms with van der Waals surface area (Å²) < 4.78 is 0. The van der Waals surface area contributed by atoms with E-state index in [0.29, 0.717) is 11.9 Å². The zero-order valence-electron chi connectivity index (χ0n) is 14.8. The fourth-order valence-corrected chi connectivity index (χ4v) is 2.66. The molecule has 2 aromatic carbocycles. The number of nitrogens with one attached hydrogen (secondary N) is 2. The summed E-state index contributed by atoms with van der Waals surface area (Å²) in [6, 6.07) is 13.9. The Bertz CT molecular complexity index is 879. The van der Waals surface area contributed by atoms with Gasteiger partial charge in [-0.1, -0.05) is 50.1 Å². The summed E-state index contributed by atoms with van der Waals surface area (Å²) in [7, 11) is 0. The standard InChI is InChI=1S/C20H23ClN4/c1-4-13(2)12-22-19-16-7-5-6-8-18(16)24-20(25-19)23-15-10-9-14(3)17(21)11-15/h5-11,13H,4,12H2,1-3H3,(H2,22,23,24,25). The third kappa shape index (κ3) is 4.20. The van der Waals surface area contributed by atoms with Crippen LogP contribution in [0.4, 0.5) is 17.5 Å². The number of hydrogen-bond donors (Lipinski definition) is 2. The first-order valence-electron chi connectivity index (χ1n) is 8.60. The van der Waals surface area contributed by atoms with Gasteiger partial charge in [-0.2, -0.15) is 4.98 Å². The minimum atomic E-state index is 0.560. The monoisotopic (exact) mass is 354 g/mol. The van der Waals surface area contributed by atoms with Crippen molar-refractivity contribution in [2.24, 2.45) is 5.92 Å². The van der Waals surface area contributed by atoms with Gasteiger partial charge in [-0.25, -0.2) is 4.98 Å². The maximum Gasteiger partial charge on any atom is 0.229 e. The molecule has 130 valence electrons. The van der Waals surface area contributed by atoms with E-state index in [1.54, 1.807) is 0 Å². The summed E-state index contributed by atoms with van der Waals surface area (Å²) in [6.07, 6.45) is 1.13. The predicted octanol–water partition coefficient (Wildman–Crippen LogP) is 5.79. The summed E-state index contributed by atoms with van der Waals surface area (Å²) in [6.45, 7) is 7.28. The summed E-state index contributed by atoms with van der Waals surface area (Å²) in [5.41, 5.74) is 2.83. The molecule has 0 fully saturated rings. The molecule has 0 saturated carbocycles. The Balaban J connectivity index is 1.93. The molecule has 0 bridgehead atoms. The van der Waals surface area contributed by atoms with E-state index in [-0.39, 0.29) is 0 Å². The third-order valence-corrected chi connectivity index (χ3v) is 4.75. The van der Waals surface area contributed by atoms with Crippen molar-refractivity contribution in [1.82, 2.24) is 9.97 Å². The molecule has 0 aliphatic heterocycles. The van der Waals surface area contributed by atoms with Crippen molar-refractivity contribution in [3.8, 4) is 0 Å². The smallest absolute Gasteiger partial charge is 0.229 e. The van der Waals surface area contributed by atoms with E-state index in [1.165, 1.54) is 0 Å². The van der Waals surface area contributed by atoms with Crippen LogP contribution in [0.25, 0.3) is 10.9 Å². The van der Waals surface area contributed by atoms with E-state index >= 15 is 0 Å². The van der Waals surface area contributed by atoms with Crippen molar-refractivity contribution in [2.45, 2.75) is 27.2 Å². The van der Waals surface area contributed by atoms with Gasteiger partial charge in [0.25, 0.3) is 0 Å². The van der Waals surface area contributed by atoms with Gasteiger partial charge in [0.15, 0.2) is 0 Å². The molecule has 1 heterocycles. The van der Waals surface area contributed by atoms with Crippen LogP contribution in [0.2, 0.25) is 5.02 Å². The Morgan fingerprint density at radius 2 is 1.92 bits per heavy atom. The number of hydrogen-bond acceptors (Lipinski definition) is 4. The van der Waals surface area contributed by atoms with Crippen LogP contribution in [-0.2, 0) is 0 Å². The van der Waals surface area contributed by atoms with E-state index in [1.807, 2.05) is 49.4 Å². The minimum Gasteiger partial charge on any atom is -0.369 e. The van der Waals surface area contributed by atoms with Crippen molar-refractivity contribution < 1.29 is 0 Å². The molecular weight excluding hydrogens is 332 g/mol. The minimum absolute atomic E-state index is 0.560. The third-order valence-electron chi connectivity index (χ3n) is 4.35. The van der Waals surface area contributed by atoms with Gasteiger partial charge >= 0.3 is 0 Å². The normalized spacial score (nSPS) is 12.2. The van der Waals surface area contributed by atoms with Gasteiger partial charge in [0, 0.05) is 22.6 Å². The van der Waals surface area contributed by atoms with Crippen LogP contribution >= 0.6 is 11.6 Å². The number of rotatable bonds is 6. The van der Waals surface area contributed by atoms with E-state index in [4.69, 9.17) is 11.6 Å². The molecule has 5 heteroatoms. The fraction of sp³-hybridized carbons (Fsp3) is 0.300. The molecule has 0 aliphatic rings. The Kier molecular flexibility index (Phi) is 5.39. The molecule has 0 amide bonds. The van der Waals surface area contributed by atoms with Gasteiger partial charge in [0.1, 0.15) is 5.82 Å². The van der Waals surface area contributed by atoms with Gasteiger partial charge in [-0.15, -0.1) is 0 Å². The quantitative estimate of drug-likeness (QED) is 0.588. The summed E-state index contributed by atoms with van der Waals surface area (Å²) in [5, 5.41) is 8.48. The summed E-state index contributed by atoms with van der Waals surface area (Å²) in [5.74, 6) is 2.00. The first-order valence-corrected chi connectivity index (χ1v) is 8.98. The lowest BCUT2D eigenvalue weighted by Crippen LogP contribution is -2.12. The molecule has 3 aromatic rings. The van der Waals surface area contributed by atoms with Gasteiger partial charge in [-0.3, -0.25) is 0 Å². The molecule has 1 unspecified atom stereocenters. The molecule has 3 rings (SSSR count). The highest BCUT2D eigenvalue weighted by molar-refractivity contribution is 6.31. The lowest BCUT2D eigenvalue weighted by molar-refractivity contribution is 0.593. The number of halogens is 1. The lowest BCUT2D eigenvalue weighted by atomic mass is 10.1. The second kappa shape index (κ2) is 7.70. The molecule has 0 saturated heterocycles. The highest BCUT2D eigenvalue weighted by Crippen LogP contribution is 2.26. The molecule has 25 heavy (non-hydrogen) atoms. The number of aromatic nitrogens is 2. The van der Waals surface area contributed by atoms with Gasteiger partial charge in [0.2, 0.25) is 5.95 Å². The second-order valence-electron chi connectivity index (χ2n) is 6.40. The topological polar surface area (TPSA) is 49.8 Å². The van der Waals surface area contributed by atoms with Gasteiger partial charge < -0.3 is 10.6 Å². The highest BCUT2D eigenvalue weighted by atomic mass is 35.5. The molecule has 1 atom stereocenters. The van der Waals surface area contributed by atoms with Crippen molar-refractivity contribution in [2.75, 3.05) is 17.2 Å². The van der Waals surface area contributed by atoms with Crippen LogP contribution in [0, 0.1) is 12.8 Å². The van der Waals surface area contributed by atoms with Crippen molar-refractivity contribution in [1.29, 1.82) is 0 Å². The number of nitrogens with zero attached hydrogens (tertiary/aromatic N) is 2. The number of aryl methyl sites for hydroxylation is 1. The van der Waals surface area contributed by atoms with Crippen LogP contribution in [0.3, 0.4) is 0 Å². The Labute approximate surface area is 153 Å². The Morgan fingerprint density at radius 1 is 1.12 bits per heavy atom. The van der Waals surface area contributed by atoms with Crippen LogP contribution < -0.4 is 10.6 Å². The zero-order valence-corrected chi connectivity index (χ0v) is 15.6. The van der Waals surface area contributed by atoms with Crippen LogP contribution in [-0.4, -0.2) is 16.5 Å². The Morgan fingerprint density at radius 3 is 2.68 bits per heavy atom. The maximum absolute atomic E-state index is 6.21. The summed E-state index contributed by atoms with van der Waals surface area (Å²) in [4.78, 5) is 9.30. The maximum atomic E-state index is 6.21. The van der Waals surface area contributed by atoms with Crippen LogP contribution in [0.1, 0.15) is 25.8 Å². The number of fused-ring (bicyclic) bond motifs is 1. The second-order valence-corrected chi connectivity index (χ2v) is 6.80. The average Bonchev–Trinajstić information content (AvgIpc) is 2.62. The van der Waals surface area contributed by atoms with E-state index in [9.17, 15) is 0 Å². The van der Waals surface area contributed by atoms with Crippen molar-refractivity contribution in [3.05, 3.63) is 53.1 Å². The summed E-state index contributed by atoms with van der Waals surface area (Å²) >= 11 is 6.21. The van der Waals surface area contributed by atoms with E-state index in [0.717, 1.165) is 46.0 Å². The zero-order chi connectivity index (χ0) is 17.8. The number of benzene rings is 2. The first kappa shape index (κ1) is 17.5. The molecule has 0 radical (unpaired) electrons. The molecule has 2 N–H and O–H groups in total. The fourth-order valence-electron chi connectivity index (χ4n) is 2.48. The highest BCUT2D eigenvalue weighted by Gasteiger charge is 2.09. The first-order chi connectivity index (χ1) is 12.1. The lowest BCUT2D eigenvalue weighted by Gasteiger charge is -2.14. The van der Waals surface area contributed by atoms with Gasteiger partial charge in [0.05, 0.1) is 5.52 Å². The van der Waals surface area contributed by atoms with Gasteiger partial charge in [-0.05, 0) is 42.7 Å². The molecule has 4 nitrogen and oxygen atoms in total.